The van der Waals surface area contributed by atoms with Crippen molar-refractivity contribution in [2.45, 2.75) is 57.5 Å². The van der Waals surface area contributed by atoms with Crippen molar-refractivity contribution in [3.8, 4) is 5.75 Å². The second-order valence-electron chi connectivity index (χ2n) is 7.53. The number of carbonyl (C=O) groups excluding carboxylic acids is 5. The first-order valence-corrected chi connectivity index (χ1v) is 11.7. The van der Waals surface area contributed by atoms with E-state index in [9.17, 15) is 24.0 Å². The van der Waals surface area contributed by atoms with Gasteiger partial charge in [-0.3, -0.25) is 24.0 Å². The van der Waals surface area contributed by atoms with Crippen LogP contribution in [0.5, 0.6) is 5.75 Å². The van der Waals surface area contributed by atoms with E-state index in [1.807, 2.05) is 0 Å². The number of carbonyl (C=O) groups is 5. The summed E-state index contributed by atoms with van der Waals surface area (Å²) < 4.78 is 32.2. The molecule has 0 bridgehead atoms. The number of hydrogen-bond acceptors (Lipinski definition) is 12. The van der Waals surface area contributed by atoms with Crippen molar-refractivity contribution in [2.75, 3.05) is 19.5 Å². The molecule has 1 aromatic rings. The van der Waals surface area contributed by atoms with Gasteiger partial charge in [0.2, 0.25) is 0 Å². The number of hydrogen-bond donors (Lipinski definition) is 0. The van der Waals surface area contributed by atoms with Crippen LogP contribution in [0.1, 0.15) is 38.1 Å². The first kappa shape index (κ1) is 28.1. The van der Waals surface area contributed by atoms with Crippen molar-refractivity contribution in [1.29, 1.82) is 0 Å². The van der Waals surface area contributed by atoms with E-state index in [1.54, 1.807) is 24.3 Å². The van der Waals surface area contributed by atoms with E-state index >= 15 is 0 Å². The number of benzene rings is 1. The Bertz CT molecular complexity index is 930. The van der Waals surface area contributed by atoms with E-state index in [2.05, 4.69) is 0 Å². The van der Waals surface area contributed by atoms with Crippen molar-refractivity contribution in [1.82, 2.24) is 0 Å². The van der Waals surface area contributed by atoms with Crippen LogP contribution < -0.4 is 4.74 Å². The molecule has 1 fully saturated rings. The summed E-state index contributed by atoms with van der Waals surface area (Å²) >= 11 is 0.998. The highest BCUT2D eigenvalue weighted by atomic mass is 32.2. The highest BCUT2D eigenvalue weighted by Gasteiger charge is 2.52. The second kappa shape index (κ2) is 13.1. The first-order valence-electron chi connectivity index (χ1n) is 10.6. The minimum atomic E-state index is -1.27. The van der Waals surface area contributed by atoms with Crippen LogP contribution in [0.25, 0.3) is 0 Å². The first-order chi connectivity index (χ1) is 16.5. The fraction of sp³-hybridized carbons (Fsp3) is 0.522. The van der Waals surface area contributed by atoms with Crippen molar-refractivity contribution in [3.63, 3.8) is 0 Å². The van der Waals surface area contributed by atoms with Gasteiger partial charge in [0, 0.05) is 33.3 Å². The van der Waals surface area contributed by atoms with Gasteiger partial charge >= 0.3 is 23.9 Å². The number of ether oxygens (including phenoxy) is 6. The van der Waals surface area contributed by atoms with E-state index in [-0.39, 0.29) is 18.1 Å². The van der Waals surface area contributed by atoms with Crippen LogP contribution in [0.2, 0.25) is 0 Å². The van der Waals surface area contributed by atoms with E-state index in [0.29, 0.717) is 11.3 Å². The summed E-state index contributed by atoms with van der Waals surface area (Å²) in [6.45, 7) is 4.29. The monoisotopic (exact) mass is 512 g/mol. The van der Waals surface area contributed by atoms with E-state index in [1.165, 1.54) is 14.0 Å². The van der Waals surface area contributed by atoms with Crippen molar-refractivity contribution in [3.05, 3.63) is 29.8 Å². The minimum absolute atomic E-state index is 0.0833. The third-order valence-corrected chi connectivity index (χ3v) is 5.88. The van der Waals surface area contributed by atoms with Crippen LogP contribution in [0.15, 0.2) is 24.3 Å². The highest BCUT2D eigenvalue weighted by molar-refractivity contribution is 8.00. The maximum absolute atomic E-state index is 12.7. The van der Waals surface area contributed by atoms with Crippen LogP contribution in [0.3, 0.4) is 0 Å². The lowest BCUT2D eigenvalue weighted by molar-refractivity contribution is -0.237. The Morgan fingerprint density at radius 1 is 0.800 bits per heavy atom. The SMILES string of the molecule is COc1ccc(C(=O)CS[C@@H]2O[C@H](COC(C)=O)[C@@H](OC(C)=O)[C@H](OC(C)=O)[C@H]2OC(C)=O)cc1. The molecular formula is C23H28O11S. The fourth-order valence-corrected chi connectivity index (χ4v) is 4.44. The zero-order chi connectivity index (χ0) is 26.1. The molecule has 35 heavy (non-hydrogen) atoms. The third kappa shape index (κ3) is 8.55. The normalized spacial score (nSPS) is 23.5. The van der Waals surface area contributed by atoms with E-state index in [0.717, 1.165) is 32.5 Å². The third-order valence-electron chi connectivity index (χ3n) is 4.74. The molecular weight excluding hydrogens is 484 g/mol. The average Bonchev–Trinajstić information content (AvgIpc) is 2.78. The fourth-order valence-electron chi connectivity index (χ4n) is 3.34. The van der Waals surface area contributed by atoms with Gasteiger partial charge in [-0.15, -0.1) is 11.8 Å². The lowest BCUT2D eigenvalue weighted by Crippen LogP contribution is -2.61. The minimum Gasteiger partial charge on any atom is -0.497 e. The molecule has 1 saturated heterocycles. The van der Waals surface area contributed by atoms with Crippen molar-refractivity contribution >= 4 is 41.4 Å². The predicted molar refractivity (Wildman–Crippen MR) is 122 cm³/mol. The maximum atomic E-state index is 12.7. The summed E-state index contributed by atoms with van der Waals surface area (Å²) in [6, 6.07) is 6.50. The molecule has 12 heteroatoms. The molecule has 2 rings (SSSR count). The number of ketones is 1. The number of methoxy groups -OCH3 is 1. The standard InChI is InChI=1S/C23H28O11S/c1-12(24)30-10-19-20(31-13(2)25)21(32-14(3)26)22(33-15(4)27)23(34-19)35-11-18(28)16-6-8-17(29-5)9-7-16/h6-9,19-23H,10-11H2,1-5H3/t19-,20-,21+,22-,23+/m1/s1. The summed E-state index contributed by atoms with van der Waals surface area (Å²) in [7, 11) is 1.51. The van der Waals surface area contributed by atoms with Crippen LogP contribution in [0, 0.1) is 0 Å². The molecule has 192 valence electrons. The van der Waals surface area contributed by atoms with Crippen LogP contribution >= 0.6 is 11.8 Å². The highest BCUT2D eigenvalue weighted by Crippen LogP contribution is 2.34. The van der Waals surface area contributed by atoms with Gasteiger partial charge in [-0.1, -0.05) is 0 Å². The average molecular weight is 513 g/mol. The van der Waals surface area contributed by atoms with Gasteiger partial charge in [-0.25, -0.2) is 0 Å². The largest absolute Gasteiger partial charge is 0.497 e. The Labute approximate surface area is 206 Å². The number of Topliss-reactive ketones (excluding diaryl/α,β-unsaturated/α-hetero) is 1. The molecule has 1 heterocycles. The number of rotatable bonds is 10. The van der Waals surface area contributed by atoms with Gasteiger partial charge in [-0.05, 0) is 24.3 Å². The molecule has 0 unspecified atom stereocenters. The van der Waals surface area contributed by atoms with Gasteiger partial charge in [0.15, 0.2) is 24.1 Å². The smallest absolute Gasteiger partial charge is 0.303 e. The molecule has 1 aromatic carbocycles. The Hall–Kier alpha value is -3.12. The molecule has 1 aliphatic heterocycles. The topological polar surface area (TPSA) is 141 Å². The molecule has 0 aliphatic carbocycles. The Balaban J connectivity index is 2.32. The summed E-state index contributed by atoms with van der Waals surface area (Å²) in [5, 5.41) is 0. The second-order valence-corrected chi connectivity index (χ2v) is 8.62. The zero-order valence-electron chi connectivity index (χ0n) is 20.0. The van der Waals surface area contributed by atoms with Gasteiger partial charge in [-0.2, -0.15) is 0 Å². The molecule has 1 aliphatic rings. The Kier molecular flexibility index (Phi) is 10.5. The van der Waals surface area contributed by atoms with E-state index < -0.39 is 53.7 Å². The molecule has 0 radical (unpaired) electrons. The molecule has 11 nitrogen and oxygen atoms in total. The molecule has 5 atom stereocenters. The maximum Gasteiger partial charge on any atom is 0.303 e. The van der Waals surface area contributed by atoms with Crippen molar-refractivity contribution < 1.29 is 52.4 Å². The van der Waals surface area contributed by atoms with Crippen LogP contribution in [-0.4, -0.2) is 79.0 Å². The van der Waals surface area contributed by atoms with Crippen molar-refractivity contribution in [2.24, 2.45) is 0 Å². The van der Waals surface area contributed by atoms with Gasteiger partial charge < -0.3 is 28.4 Å². The molecule has 0 saturated carbocycles. The van der Waals surface area contributed by atoms with Gasteiger partial charge in [0.25, 0.3) is 0 Å². The predicted octanol–water partition coefficient (Wildman–Crippen LogP) is 1.69. The summed E-state index contributed by atoms with van der Waals surface area (Å²) in [4.78, 5) is 59.6. The van der Waals surface area contributed by atoms with Crippen LogP contribution in [0.4, 0.5) is 0 Å². The zero-order valence-corrected chi connectivity index (χ0v) is 20.8. The summed E-state index contributed by atoms with van der Waals surface area (Å²) in [6.07, 6.45) is -4.80. The summed E-state index contributed by atoms with van der Waals surface area (Å²) in [5.41, 5.74) is -0.596. The quantitative estimate of drug-likeness (QED) is 0.256. The number of esters is 4. The van der Waals surface area contributed by atoms with Gasteiger partial charge in [0.1, 0.15) is 23.9 Å². The van der Waals surface area contributed by atoms with E-state index in [4.69, 9.17) is 28.4 Å². The Morgan fingerprint density at radius 2 is 1.34 bits per heavy atom. The molecule has 0 amide bonds. The van der Waals surface area contributed by atoms with Crippen LogP contribution in [-0.2, 0) is 42.9 Å². The molecule has 0 aromatic heterocycles. The summed E-state index contributed by atoms with van der Waals surface area (Å²) in [5.74, 6) is -2.50. The van der Waals surface area contributed by atoms with Gasteiger partial charge in [0.05, 0.1) is 12.9 Å². The Morgan fingerprint density at radius 3 is 1.86 bits per heavy atom. The molecule has 0 N–H and O–H groups in total. The molecule has 0 spiro atoms. The lowest BCUT2D eigenvalue weighted by atomic mass is 9.99. The number of thioether (sulfide) groups is 1. The lowest BCUT2D eigenvalue weighted by Gasteiger charge is -2.44.